The Hall–Kier alpha value is -2.27. The lowest BCUT2D eigenvalue weighted by Crippen LogP contribution is -2.32. The van der Waals surface area contributed by atoms with Crippen LogP contribution in [0.5, 0.6) is 0 Å². The number of hydrogen-bond donors (Lipinski definition) is 0. The van der Waals surface area contributed by atoms with Gasteiger partial charge in [0.15, 0.2) is 0 Å². The average Bonchev–Trinajstić information content (AvgIpc) is 3.12. The molecule has 1 aromatic heterocycles. The number of carbonyl (C=O) groups is 1. The van der Waals surface area contributed by atoms with Crippen molar-refractivity contribution < 1.29 is 9.18 Å². The van der Waals surface area contributed by atoms with Gasteiger partial charge in [-0.3, -0.25) is 14.6 Å². The molecule has 2 aliphatic heterocycles. The maximum absolute atomic E-state index is 13.2. The second-order valence-electron chi connectivity index (χ2n) is 5.72. The summed E-state index contributed by atoms with van der Waals surface area (Å²) in [6.07, 6.45) is 3.38. The van der Waals surface area contributed by atoms with E-state index in [0.717, 1.165) is 24.9 Å². The fourth-order valence-electron chi connectivity index (χ4n) is 3.49. The Morgan fingerprint density at radius 2 is 1.95 bits per heavy atom. The van der Waals surface area contributed by atoms with E-state index in [1.54, 1.807) is 23.2 Å². The topological polar surface area (TPSA) is 36.4 Å². The molecule has 4 nitrogen and oxygen atoms in total. The number of hydrogen-bond acceptors (Lipinski definition) is 3. The molecule has 0 saturated carbocycles. The molecule has 3 heterocycles. The van der Waals surface area contributed by atoms with Gasteiger partial charge in [0.2, 0.25) is 5.91 Å². The first kappa shape index (κ1) is 13.4. The van der Waals surface area contributed by atoms with E-state index in [0.29, 0.717) is 5.82 Å². The Kier molecular flexibility index (Phi) is 3.15. The van der Waals surface area contributed by atoms with E-state index in [-0.39, 0.29) is 23.9 Å². The first-order valence-corrected chi connectivity index (χ1v) is 7.51. The fraction of sp³-hybridized carbons (Fsp3) is 0.294. The highest BCUT2D eigenvalue weighted by Crippen LogP contribution is 2.41. The van der Waals surface area contributed by atoms with Gasteiger partial charge in [0, 0.05) is 12.7 Å². The smallest absolute Gasteiger partial charge is 0.247 e. The van der Waals surface area contributed by atoms with Gasteiger partial charge in [-0.25, -0.2) is 9.37 Å². The molecule has 2 saturated heterocycles. The Balaban J connectivity index is 1.80. The number of benzene rings is 1. The van der Waals surface area contributed by atoms with Crippen molar-refractivity contribution in [2.75, 3.05) is 11.4 Å². The van der Waals surface area contributed by atoms with E-state index in [2.05, 4.69) is 9.88 Å². The number of carbonyl (C=O) groups excluding carboxylic acids is 1. The van der Waals surface area contributed by atoms with Crippen LogP contribution < -0.4 is 4.90 Å². The lowest BCUT2D eigenvalue weighted by molar-refractivity contribution is -0.119. The van der Waals surface area contributed by atoms with Gasteiger partial charge in [-0.1, -0.05) is 18.2 Å². The van der Waals surface area contributed by atoms with Crippen LogP contribution in [-0.2, 0) is 4.79 Å². The predicted molar refractivity (Wildman–Crippen MR) is 80.6 cm³/mol. The molecule has 0 aliphatic carbocycles. The maximum atomic E-state index is 13.2. The molecule has 1 amide bonds. The quantitative estimate of drug-likeness (QED) is 0.855. The third-order valence-corrected chi connectivity index (χ3v) is 4.44. The highest BCUT2D eigenvalue weighted by Gasteiger charge is 2.49. The van der Waals surface area contributed by atoms with Crippen LogP contribution in [0.2, 0.25) is 0 Å². The van der Waals surface area contributed by atoms with E-state index >= 15 is 0 Å². The van der Waals surface area contributed by atoms with Gasteiger partial charge in [-0.2, -0.15) is 0 Å². The van der Waals surface area contributed by atoms with Crippen molar-refractivity contribution in [2.45, 2.75) is 25.0 Å². The van der Waals surface area contributed by atoms with Crippen LogP contribution in [0.1, 0.15) is 24.6 Å². The largest absolute Gasteiger partial charge is 0.275 e. The Morgan fingerprint density at radius 3 is 2.68 bits per heavy atom. The molecule has 1 aromatic carbocycles. The number of amides is 1. The number of fused-ring (bicyclic) bond motifs is 1. The molecule has 2 aliphatic rings. The van der Waals surface area contributed by atoms with Crippen LogP contribution in [0.3, 0.4) is 0 Å². The molecule has 112 valence electrons. The average molecular weight is 297 g/mol. The van der Waals surface area contributed by atoms with Crippen molar-refractivity contribution in [3.8, 4) is 0 Å². The highest BCUT2D eigenvalue weighted by atomic mass is 19.1. The Bertz CT molecular complexity index is 689. The standard InChI is InChI=1S/C17H16FN3O/c18-13-8-6-12(7-9-13)16-20-11-3-4-14(20)17(22)21(16)15-5-1-2-10-19-15/h1-2,5-10,14,16H,3-4,11H2. The van der Waals surface area contributed by atoms with Gasteiger partial charge in [-0.15, -0.1) is 0 Å². The van der Waals surface area contributed by atoms with Crippen LogP contribution in [0.15, 0.2) is 48.7 Å². The van der Waals surface area contributed by atoms with Crippen LogP contribution in [0.25, 0.3) is 0 Å². The molecule has 2 aromatic rings. The van der Waals surface area contributed by atoms with Gasteiger partial charge < -0.3 is 0 Å². The van der Waals surface area contributed by atoms with Crippen molar-refractivity contribution in [1.29, 1.82) is 0 Å². The van der Waals surface area contributed by atoms with Gasteiger partial charge in [0.25, 0.3) is 0 Å². The van der Waals surface area contributed by atoms with E-state index in [1.807, 2.05) is 18.2 Å². The van der Waals surface area contributed by atoms with Gasteiger partial charge in [-0.05, 0) is 42.7 Å². The fourth-order valence-corrected chi connectivity index (χ4v) is 3.49. The van der Waals surface area contributed by atoms with Crippen LogP contribution in [0, 0.1) is 5.82 Å². The number of anilines is 1. The molecule has 0 N–H and O–H groups in total. The van der Waals surface area contributed by atoms with E-state index in [9.17, 15) is 9.18 Å². The minimum absolute atomic E-state index is 0.0861. The number of nitrogens with zero attached hydrogens (tertiary/aromatic N) is 3. The summed E-state index contributed by atoms with van der Waals surface area (Å²) in [6.45, 7) is 0.877. The minimum atomic E-state index is -0.268. The molecule has 22 heavy (non-hydrogen) atoms. The molecular formula is C17H16FN3O. The van der Waals surface area contributed by atoms with E-state index in [1.165, 1.54) is 12.1 Å². The SMILES string of the molecule is O=C1C2CCCN2C(c2ccc(F)cc2)N1c1ccccn1. The second kappa shape index (κ2) is 5.18. The van der Waals surface area contributed by atoms with Gasteiger partial charge >= 0.3 is 0 Å². The van der Waals surface area contributed by atoms with Crippen LogP contribution >= 0.6 is 0 Å². The van der Waals surface area contributed by atoms with Gasteiger partial charge in [0.1, 0.15) is 17.8 Å². The second-order valence-corrected chi connectivity index (χ2v) is 5.72. The molecule has 5 heteroatoms. The van der Waals surface area contributed by atoms with E-state index in [4.69, 9.17) is 0 Å². The van der Waals surface area contributed by atoms with Crippen LogP contribution in [0.4, 0.5) is 10.2 Å². The summed E-state index contributed by atoms with van der Waals surface area (Å²) in [5, 5.41) is 0. The summed E-state index contributed by atoms with van der Waals surface area (Å²) < 4.78 is 13.2. The number of pyridine rings is 1. The Labute approximate surface area is 128 Å². The summed E-state index contributed by atoms with van der Waals surface area (Å²) in [5.41, 5.74) is 0.921. The minimum Gasteiger partial charge on any atom is -0.275 e. The van der Waals surface area contributed by atoms with E-state index < -0.39 is 0 Å². The predicted octanol–water partition coefficient (Wildman–Crippen LogP) is 2.73. The lowest BCUT2D eigenvalue weighted by atomic mass is 10.1. The molecular weight excluding hydrogens is 281 g/mol. The summed E-state index contributed by atoms with van der Waals surface area (Å²) in [4.78, 5) is 21.1. The zero-order chi connectivity index (χ0) is 15.1. The molecule has 2 fully saturated rings. The zero-order valence-electron chi connectivity index (χ0n) is 12.0. The molecule has 0 spiro atoms. The van der Waals surface area contributed by atoms with Crippen molar-refractivity contribution >= 4 is 11.7 Å². The van der Waals surface area contributed by atoms with Crippen LogP contribution in [-0.4, -0.2) is 28.4 Å². The first-order chi connectivity index (χ1) is 10.8. The van der Waals surface area contributed by atoms with Crippen molar-refractivity contribution in [1.82, 2.24) is 9.88 Å². The Morgan fingerprint density at radius 1 is 1.14 bits per heavy atom. The zero-order valence-corrected chi connectivity index (χ0v) is 12.0. The third kappa shape index (κ3) is 2.01. The molecule has 2 unspecified atom stereocenters. The number of rotatable bonds is 2. The number of halogens is 1. The third-order valence-electron chi connectivity index (χ3n) is 4.44. The summed E-state index contributed by atoms with van der Waals surface area (Å²) in [6, 6.07) is 11.9. The lowest BCUT2D eigenvalue weighted by Gasteiger charge is -2.28. The van der Waals surface area contributed by atoms with Crippen molar-refractivity contribution in [3.05, 3.63) is 60.0 Å². The molecule has 0 radical (unpaired) electrons. The normalized spacial score (nSPS) is 24.8. The molecule has 2 atom stereocenters. The monoisotopic (exact) mass is 297 g/mol. The van der Waals surface area contributed by atoms with Gasteiger partial charge in [0.05, 0.1) is 6.04 Å². The maximum Gasteiger partial charge on any atom is 0.247 e. The highest BCUT2D eigenvalue weighted by molar-refractivity contribution is 5.99. The van der Waals surface area contributed by atoms with Crippen molar-refractivity contribution in [3.63, 3.8) is 0 Å². The summed E-state index contributed by atoms with van der Waals surface area (Å²) >= 11 is 0. The molecule has 0 bridgehead atoms. The summed E-state index contributed by atoms with van der Waals surface area (Å²) in [5.74, 6) is 0.470. The van der Waals surface area contributed by atoms with Crippen molar-refractivity contribution in [2.24, 2.45) is 0 Å². The molecule has 4 rings (SSSR count). The first-order valence-electron chi connectivity index (χ1n) is 7.51. The summed E-state index contributed by atoms with van der Waals surface area (Å²) in [7, 11) is 0. The number of aromatic nitrogens is 1.